The molecule has 0 radical (unpaired) electrons. The number of carbonyl (C=O) groups excluding carboxylic acids is 1. The van der Waals surface area contributed by atoms with Gasteiger partial charge in [0.1, 0.15) is 0 Å². The van der Waals surface area contributed by atoms with E-state index in [0.717, 1.165) is 32.4 Å². The molecule has 1 unspecified atom stereocenters. The van der Waals surface area contributed by atoms with Crippen LogP contribution in [0, 0.1) is 0 Å². The van der Waals surface area contributed by atoms with E-state index in [1.54, 1.807) is 0 Å². The van der Waals surface area contributed by atoms with Crippen molar-refractivity contribution in [3.05, 3.63) is 0 Å². The van der Waals surface area contributed by atoms with Gasteiger partial charge in [-0.15, -0.1) is 0 Å². The average Bonchev–Trinajstić information content (AvgIpc) is 2.28. The molecule has 0 aliphatic heterocycles. The molecule has 0 spiro atoms. The first-order valence-electron chi connectivity index (χ1n) is 7.17. The lowest BCUT2D eigenvalue weighted by atomic mass is 10.2. The predicted molar refractivity (Wildman–Crippen MR) is 77.8 cm³/mol. The van der Waals surface area contributed by atoms with Gasteiger partial charge in [0.05, 0.1) is 6.54 Å². The molecule has 1 amide bonds. The molecule has 0 aliphatic carbocycles. The van der Waals surface area contributed by atoms with Crippen LogP contribution in [0.4, 0.5) is 0 Å². The van der Waals surface area contributed by atoms with Crippen LogP contribution in [0.2, 0.25) is 0 Å². The van der Waals surface area contributed by atoms with E-state index in [2.05, 4.69) is 50.3 Å². The van der Waals surface area contributed by atoms with Crippen molar-refractivity contribution in [2.75, 3.05) is 26.7 Å². The van der Waals surface area contributed by atoms with Crippen LogP contribution in [0.3, 0.4) is 0 Å². The van der Waals surface area contributed by atoms with E-state index < -0.39 is 0 Å². The quantitative estimate of drug-likeness (QED) is 0.584. The molecule has 0 saturated heterocycles. The van der Waals surface area contributed by atoms with E-state index in [1.165, 1.54) is 0 Å². The second-order valence-electron chi connectivity index (χ2n) is 5.36. The Kier molecular flexibility index (Phi) is 9.98. The van der Waals surface area contributed by atoms with Crippen molar-refractivity contribution in [1.82, 2.24) is 15.5 Å². The van der Waals surface area contributed by atoms with Crippen LogP contribution in [0.25, 0.3) is 0 Å². The fourth-order valence-electron chi connectivity index (χ4n) is 1.74. The summed E-state index contributed by atoms with van der Waals surface area (Å²) < 4.78 is 0. The van der Waals surface area contributed by atoms with E-state index in [4.69, 9.17) is 0 Å². The summed E-state index contributed by atoms with van der Waals surface area (Å²) in [6, 6.07) is 0.875. The van der Waals surface area contributed by atoms with E-state index >= 15 is 0 Å². The zero-order valence-electron chi connectivity index (χ0n) is 12.8. The van der Waals surface area contributed by atoms with Crippen LogP contribution in [0.15, 0.2) is 0 Å². The molecule has 4 nitrogen and oxygen atoms in total. The van der Waals surface area contributed by atoms with Gasteiger partial charge in [0.15, 0.2) is 0 Å². The lowest BCUT2D eigenvalue weighted by Crippen LogP contribution is -2.39. The van der Waals surface area contributed by atoms with Crippen molar-refractivity contribution in [3.63, 3.8) is 0 Å². The first kappa shape index (κ1) is 17.4. The summed E-state index contributed by atoms with van der Waals surface area (Å²) >= 11 is 0. The third-order valence-electron chi connectivity index (χ3n) is 3.16. The minimum atomic E-state index is 0.105. The summed E-state index contributed by atoms with van der Waals surface area (Å²) in [6.07, 6.45) is 3.23. The van der Waals surface area contributed by atoms with Gasteiger partial charge in [-0.1, -0.05) is 13.3 Å². The molecule has 0 rings (SSSR count). The van der Waals surface area contributed by atoms with Gasteiger partial charge in [-0.2, -0.15) is 0 Å². The highest BCUT2D eigenvalue weighted by atomic mass is 16.1. The summed E-state index contributed by atoms with van der Waals surface area (Å²) in [5.74, 6) is 0.105. The third-order valence-corrected chi connectivity index (χ3v) is 3.16. The number of hydrogen-bond acceptors (Lipinski definition) is 3. The molecule has 1 atom stereocenters. The van der Waals surface area contributed by atoms with E-state index in [9.17, 15) is 4.79 Å². The Balaban J connectivity index is 3.46. The first-order chi connectivity index (χ1) is 8.47. The molecular formula is C14H31N3O. The molecule has 2 N–H and O–H groups in total. The zero-order chi connectivity index (χ0) is 14.0. The molecule has 0 aromatic carbocycles. The molecule has 0 aromatic heterocycles. The van der Waals surface area contributed by atoms with Crippen molar-refractivity contribution >= 4 is 5.91 Å². The van der Waals surface area contributed by atoms with Gasteiger partial charge >= 0.3 is 0 Å². The number of hydrogen-bond donors (Lipinski definition) is 2. The highest BCUT2D eigenvalue weighted by molar-refractivity contribution is 5.78. The van der Waals surface area contributed by atoms with Crippen LogP contribution in [0.5, 0.6) is 0 Å². The summed E-state index contributed by atoms with van der Waals surface area (Å²) in [6.45, 7) is 11.0. The monoisotopic (exact) mass is 257 g/mol. The van der Waals surface area contributed by atoms with Crippen molar-refractivity contribution in [2.45, 2.75) is 59.0 Å². The zero-order valence-corrected chi connectivity index (χ0v) is 12.8. The number of amides is 1. The van der Waals surface area contributed by atoms with Gasteiger partial charge in [-0.05, 0) is 53.8 Å². The second kappa shape index (κ2) is 10.3. The van der Waals surface area contributed by atoms with Gasteiger partial charge in [0.25, 0.3) is 0 Å². The topological polar surface area (TPSA) is 44.4 Å². The van der Waals surface area contributed by atoms with Gasteiger partial charge in [-0.25, -0.2) is 0 Å². The van der Waals surface area contributed by atoms with Crippen molar-refractivity contribution in [3.8, 4) is 0 Å². The number of nitrogens with zero attached hydrogens (tertiary/aromatic N) is 1. The van der Waals surface area contributed by atoms with Gasteiger partial charge in [0.2, 0.25) is 5.91 Å². The number of nitrogens with one attached hydrogen (secondary N) is 2. The van der Waals surface area contributed by atoms with Crippen LogP contribution in [0.1, 0.15) is 47.0 Å². The Hall–Kier alpha value is -0.610. The maximum atomic E-state index is 11.5. The number of carbonyl (C=O) groups is 1. The molecule has 18 heavy (non-hydrogen) atoms. The Labute approximate surface area is 113 Å². The smallest absolute Gasteiger partial charge is 0.234 e. The lowest BCUT2D eigenvalue weighted by molar-refractivity contribution is -0.120. The highest BCUT2D eigenvalue weighted by Gasteiger charge is 2.06. The van der Waals surface area contributed by atoms with Crippen molar-refractivity contribution in [2.24, 2.45) is 0 Å². The van der Waals surface area contributed by atoms with Crippen LogP contribution >= 0.6 is 0 Å². The Morgan fingerprint density at radius 1 is 1.28 bits per heavy atom. The lowest BCUT2D eigenvalue weighted by Gasteiger charge is -2.20. The van der Waals surface area contributed by atoms with E-state index in [-0.39, 0.29) is 11.9 Å². The number of rotatable bonds is 10. The van der Waals surface area contributed by atoms with Gasteiger partial charge < -0.3 is 15.5 Å². The normalized spacial score (nSPS) is 13.1. The van der Waals surface area contributed by atoms with Gasteiger partial charge in [0, 0.05) is 12.1 Å². The summed E-state index contributed by atoms with van der Waals surface area (Å²) in [5.41, 5.74) is 0. The van der Waals surface area contributed by atoms with Crippen LogP contribution < -0.4 is 10.6 Å². The fraction of sp³-hybridized carbons (Fsp3) is 0.929. The average molecular weight is 257 g/mol. The van der Waals surface area contributed by atoms with Crippen LogP contribution in [-0.2, 0) is 4.79 Å². The first-order valence-corrected chi connectivity index (χ1v) is 7.17. The van der Waals surface area contributed by atoms with E-state index in [1.807, 2.05) is 0 Å². The molecule has 0 aromatic rings. The Morgan fingerprint density at radius 2 is 1.94 bits per heavy atom. The minimum absolute atomic E-state index is 0.105. The molecule has 0 fully saturated rings. The largest absolute Gasteiger partial charge is 0.353 e. The molecule has 4 heteroatoms. The molecular weight excluding hydrogens is 226 g/mol. The second-order valence-corrected chi connectivity index (χ2v) is 5.36. The maximum absolute atomic E-state index is 11.5. The van der Waals surface area contributed by atoms with Gasteiger partial charge in [-0.3, -0.25) is 4.79 Å². The molecule has 108 valence electrons. The van der Waals surface area contributed by atoms with E-state index in [0.29, 0.717) is 12.6 Å². The third kappa shape index (κ3) is 9.42. The molecule has 0 aliphatic rings. The summed E-state index contributed by atoms with van der Waals surface area (Å²) in [5, 5.41) is 6.18. The standard InChI is InChI=1S/C14H31N3O/c1-6-8-13(4)16-14(18)11-15-9-7-10-17(5)12(2)3/h12-13,15H,6-11H2,1-5H3,(H,16,18). The van der Waals surface area contributed by atoms with Crippen molar-refractivity contribution < 1.29 is 4.79 Å². The maximum Gasteiger partial charge on any atom is 0.234 e. The fourth-order valence-corrected chi connectivity index (χ4v) is 1.74. The predicted octanol–water partition coefficient (Wildman–Crippen LogP) is 1.61. The molecule has 0 heterocycles. The Bertz CT molecular complexity index is 219. The summed E-state index contributed by atoms with van der Waals surface area (Å²) in [4.78, 5) is 13.9. The SMILES string of the molecule is CCCC(C)NC(=O)CNCCCN(C)C(C)C. The van der Waals surface area contributed by atoms with Crippen molar-refractivity contribution in [1.29, 1.82) is 0 Å². The van der Waals surface area contributed by atoms with Crippen LogP contribution in [-0.4, -0.2) is 49.6 Å². The molecule has 0 saturated carbocycles. The summed E-state index contributed by atoms with van der Waals surface area (Å²) in [7, 11) is 2.13. The Morgan fingerprint density at radius 3 is 2.50 bits per heavy atom. The minimum Gasteiger partial charge on any atom is -0.353 e. The molecule has 0 bridgehead atoms. The highest BCUT2D eigenvalue weighted by Crippen LogP contribution is 1.95.